The van der Waals surface area contributed by atoms with Crippen LogP contribution in [0.1, 0.15) is 40.0 Å². The van der Waals surface area contributed by atoms with E-state index in [0.29, 0.717) is 5.91 Å². The third-order valence-corrected chi connectivity index (χ3v) is 3.28. The molecule has 1 aliphatic heterocycles. The molecule has 0 unspecified atom stereocenters. The van der Waals surface area contributed by atoms with Crippen LogP contribution in [-0.2, 0) is 4.79 Å². The number of hydrogen-bond acceptors (Lipinski definition) is 2. The Kier molecular flexibility index (Phi) is 5.81. The van der Waals surface area contributed by atoms with E-state index in [0.717, 1.165) is 44.9 Å². The van der Waals surface area contributed by atoms with Crippen molar-refractivity contribution < 1.29 is 4.79 Å². The van der Waals surface area contributed by atoms with Crippen molar-refractivity contribution in [1.82, 2.24) is 10.2 Å². The van der Waals surface area contributed by atoms with Crippen LogP contribution in [0.5, 0.6) is 0 Å². The maximum absolute atomic E-state index is 11.8. The lowest BCUT2D eigenvalue weighted by Crippen LogP contribution is -2.42. The molecular weight excluding hydrogens is 200 g/mol. The lowest BCUT2D eigenvalue weighted by molar-refractivity contribution is -0.135. The molecule has 16 heavy (non-hydrogen) atoms. The molecule has 1 rings (SSSR count). The molecule has 0 aromatic rings. The highest BCUT2D eigenvalue weighted by molar-refractivity contribution is 5.78. The van der Waals surface area contributed by atoms with Gasteiger partial charge >= 0.3 is 0 Å². The summed E-state index contributed by atoms with van der Waals surface area (Å²) in [6.45, 7) is 10.3. The first-order valence-corrected chi connectivity index (χ1v) is 6.64. The van der Waals surface area contributed by atoms with Crippen molar-refractivity contribution in [1.29, 1.82) is 0 Å². The summed E-state index contributed by atoms with van der Waals surface area (Å²) in [5, 5.41) is 3.47. The van der Waals surface area contributed by atoms with Gasteiger partial charge in [-0.25, -0.2) is 0 Å². The predicted octanol–water partition coefficient (Wildman–Crippen LogP) is 1.88. The molecule has 0 saturated carbocycles. The summed E-state index contributed by atoms with van der Waals surface area (Å²) < 4.78 is 0. The van der Waals surface area contributed by atoms with E-state index in [9.17, 15) is 4.79 Å². The zero-order chi connectivity index (χ0) is 12.0. The van der Waals surface area contributed by atoms with Crippen LogP contribution in [0.4, 0.5) is 0 Å². The van der Waals surface area contributed by atoms with Crippen LogP contribution in [0.2, 0.25) is 0 Å². The van der Waals surface area contributed by atoms with E-state index in [1.807, 2.05) is 18.7 Å². The molecular formula is C13H26N2O. The number of piperidine rings is 1. The first-order valence-electron chi connectivity index (χ1n) is 6.64. The van der Waals surface area contributed by atoms with Gasteiger partial charge in [-0.3, -0.25) is 4.79 Å². The Bertz CT molecular complexity index is 208. The Morgan fingerprint density at radius 3 is 2.50 bits per heavy atom. The van der Waals surface area contributed by atoms with Crippen LogP contribution < -0.4 is 5.32 Å². The summed E-state index contributed by atoms with van der Waals surface area (Å²) >= 11 is 0. The van der Waals surface area contributed by atoms with Gasteiger partial charge in [0, 0.05) is 19.0 Å². The van der Waals surface area contributed by atoms with E-state index >= 15 is 0 Å². The average Bonchev–Trinajstić information content (AvgIpc) is 2.29. The number of nitrogens with one attached hydrogen (secondary N) is 1. The van der Waals surface area contributed by atoms with E-state index < -0.39 is 0 Å². The van der Waals surface area contributed by atoms with Crippen molar-refractivity contribution in [3.8, 4) is 0 Å². The molecule has 0 aromatic heterocycles. The van der Waals surface area contributed by atoms with Gasteiger partial charge in [-0.1, -0.05) is 20.8 Å². The van der Waals surface area contributed by atoms with Crippen LogP contribution in [-0.4, -0.2) is 37.0 Å². The van der Waals surface area contributed by atoms with Gasteiger partial charge in [0.05, 0.1) is 0 Å². The van der Waals surface area contributed by atoms with Crippen LogP contribution in [0.25, 0.3) is 0 Å². The molecule has 0 aromatic carbocycles. The van der Waals surface area contributed by atoms with Crippen molar-refractivity contribution in [3.63, 3.8) is 0 Å². The van der Waals surface area contributed by atoms with Crippen molar-refractivity contribution in [3.05, 3.63) is 0 Å². The maximum Gasteiger partial charge on any atom is 0.225 e. The Morgan fingerprint density at radius 1 is 1.38 bits per heavy atom. The molecule has 1 amide bonds. The second-order valence-corrected chi connectivity index (χ2v) is 5.13. The fraction of sp³-hybridized carbons (Fsp3) is 0.923. The summed E-state index contributed by atoms with van der Waals surface area (Å²) in [7, 11) is 0. The van der Waals surface area contributed by atoms with E-state index in [4.69, 9.17) is 0 Å². The standard InChI is InChI=1S/C13H26N2O/c1-4-7-14-10-12-5-8-15(9-6-12)13(16)11(2)3/h11-12,14H,4-10H2,1-3H3. The molecule has 1 fully saturated rings. The number of likely N-dealkylation sites (tertiary alicyclic amines) is 1. The quantitative estimate of drug-likeness (QED) is 0.726. The highest BCUT2D eigenvalue weighted by Gasteiger charge is 2.23. The van der Waals surface area contributed by atoms with E-state index in [1.165, 1.54) is 6.42 Å². The molecule has 3 heteroatoms. The third kappa shape index (κ3) is 4.12. The first kappa shape index (κ1) is 13.5. The number of carbonyl (C=O) groups excluding carboxylic acids is 1. The van der Waals surface area contributed by atoms with Gasteiger partial charge in [0.15, 0.2) is 0 Å². The van der Waals surface area contributed by atoms with Crippen molar-refractivity contribution in [2.24, 2.45) is 11.8 Å². The summed E-state index contributed by atoms with van der Waals surface area (Å²) in [5.41, 5.74) is 0. The Labute approximate surface area is 99.6 Å². The minimum absolute atomic E-state index is 0.148. The summed E-state index contributed by atoms with van der Waals surface area (Å²) in [5.74, 6) is 1.23. The maximum atomic E-state index is 11.8. The zero-order valence-corrected chi connectivity index (χ0v) is 11.0. The molecule has 1 aliphatic rings. The predicted molar refractivity (Wildman–Crippen MR) is 67.3 cm³/mol. The molecule has 0 radical (unpaired) electrons. The molecule has 0 spiro atoms. The van der Waals surface area contributed by atoms with E-state index in [2.05, 4.69) is 12.2 Å². The largest absolute Gasteiger partial charge is 0.342 e. The summed E-state index contributed by atoms with van der Waals surface area (Å²) in [6.07, 6.45) is 3.52. The van der Waals surface area contributed by atoms with Gasteiger partial charge in [0.1, 0.15) is 0 Å². The van der Waals surface area contributed by atoms with Gasteiger partial charge in [0.25, 0.3) is 0 Å². The molecule has 1 saturated heterocycles. The second-order valence-electron chi connectivity index (χ2n) is 5.13. The second kappa shape index (κ2) is 6.89. The molecule has 3 nitrogen and oxygen atoms in total. The van der Waals surface area contributed by atoms with Crippen molar-refractivity contribution >= 4 is 5.91 Å². The van der Waals surface area contributed by atoms with Crippen molar-refractivity contribution in [2.45, 2.75) is 40.0 Å². The molecule has 1 heterocycles. The lowest BCUT2D eigenvalue weighted by Gasteiger charge is -2.33. The summed E-state index contributed by atoms with van der Waals surface area (Å²) in [6, 6.07) is 0. The van der Waals surface area contributed by atoms with Gasteiger partial charge in [-0.2, -0.15) is 0 Å². The topological polar surface area (TPSA) is 32.3 Å². The van der Waals surface area contributed by atoms with Crippen LogP contribution in [0.15, 0.2) is 0 Å². The molecule has 0 aliphatic carbocycles. The summed E-state index contributed by atoms with van der Waals surface area (Å²) in [4.78, 5) is 13.8. The fourth-order valence-corrected chi connectivity index (χ4v) is 2.21. The molecule has 94 valence electrons. The molecule has 0 atom stereocenters. The smallest absolute Gasteiger partial charge is 0.225 e. The highest BCUT2D eigenvalue weighted by Crippen LogP contribution is 2.17. The third-order valence-electron chi connectivity index (χ3n) is 3.28. The number of nitrogens with zero attached hydrogens (tertiary/aromatic N) is 1. The van der Waals surface area contributed by atoms with Gasteiger partial charge < -0.3 is 10.2 Å². The van der Waals surface area contributed by atoms with Gasteiger partial charge in [0.2, 0.25) is 5.91 Å². The number of carbonyl (C=O) groups is 1. The van der Waals surface area contributed by atoms with E-state index in [1.54, 1.807) is 0 Å². The van der Waals surface area contributed by atoms with Crippen LogP contribution >= 0.6 is 0 Å². The monoisotopic (exact) mass is 226 g/mol. The Hall–Kier alpha value is -0.570. The molecule has 0 bridgehead atoms. The highest BCUT2D eigenvalue weighted by atomic mass is 16.2. The Balaban J connectivity index is 2.20. The van der Waals surface area contributed by atoms with Crippen molar-refractivity contribution in [2.75, 3.05) is 26.2 Å². The lowest BCUT2D eigenvalue weighted by atomic mass is 9.96. The average molecular weight is 226 g/mol. The zero-order valence-electron chi connectivity index (χ0n) is 11.0. The fourth-order valence-electron chi connectivity index (χ4n) is 2.21. The van der Waals surface area contributed by atoms with Gasteiger partial charge in [-0.05, 0) is 38.3 Å². The minimum Gasteiger partial charge on any atom is -0.342 e. The number of amides is 1. The minimum atomic E-state index is 0.148. The normalized spacial score (nSPS) is 18.1. The van der Waals surface area contributed by atoms with E-state index in [-0.39, 0.29) is 5.92 Å². The molecule has 1 N–H and O–H groups in total. The SMILES string of the molecule is CCCNCC1CCN(C(=O)C(C)C)CC1. The first-order chi connectivity index (χ1) is 7.65. The van der Waals surface area contributed by atoms with Crippen LogP contribution in [0.3, 0.4) is 0 Å². The van der Waals surface area contributed by atoms with Gasteiger partial charge in [-0.15, -0.1) is 0 Å². The van der Waals surface area contributed by atoms with Crippen LogP contribution in [0, 0.1) is 11.8 Å². The number of rotatable bonds is 5. The Morgan fingerprint density at radius 2 is 2.00 bits per heavy atom. The number of hydrogen-bond donors (Lipinski definition) is 1.